The largest absolute Gasteiger partial charge is 0.497 e. The van der Waals surface area contributed by atoms with E-state index in [2.05, 4.69) is 15.9 Å². The van der Waals surface area contributed by atoms with Crippen molar-refractivity contribution in [2.75, 3.05) is 21.3 Å². The molecule has 0 bridgehead atoms. The van der Waals surface area contributed by atoms with Crippen LogP contribution in [0.25, 0.3) is 11.1 Å². The number of hydrogen-bond donors (Lipinski definition) is 1. The second-order valence-corrected chi connectivity index (χ2v) is 5.96. The van der Waals surface area contributed by atoms with Gasteiger partial charge in [-0.15, -0.1) is 0 Å². The van der Waals surface area contributed by atoms with Crippen LogP contribution in [-0.2, 0) is 16.0 Å². The van der Waals surface area contributed by atoms with Gasteiger partial charge in [0.15, 0.2) is 6.29 Å². The number of ether oxygens (including phenoxy) is 3. The van der Waals surface area contributed by atoms with Crippen molar-refractivity contribution >= 4 is 21.9 Å². The molecule has 1 aromatic heterocycles. The number of aromatic nitrogens is 1. The summed E-state index contributed by atoms with van der Waals surface area (Å²) in [4.78, 5) is 11.9. The minimum atomic E-state index is -1.01. The van der Waals surface area contributed by atoms with Crippen molar-refractivity contribution in [1.29, 1.82) is 0 Å². The number of aromatic carboxylic acids is 1. The molecule has 0 aliphatic carbocycles. The van der Waals surface area contributed by atoms with Crippen LogP contribution < -0.4 is 4.74 Å². The van der Waals surface area contributed by atoms with Gasteiger partial charge in [0.05, 0.1) is 13.7 Å². The van der Waals surface area contributed by atoms with E-state index in [1.165, 1.54) is 14.2 Å². The minimum absolute atomic E-state index is 0.184. The van der Waals surface area contributed by atoms with Gasteiger partial charge in [0, 0.05) is 29.9 Å². The highest BCUT2D eigenvalue weighted by Crippen LogP contribution is 2.37. The molecule has 24 heavy (non-hydrogen) atoms. The quantitative estimate of drug-likeness (QED) is 0.723. The summed E-state index contributed by atoms with van der Waals surface area (Å²) < 4.78 is 18.0. The Bertz CT molecular complexity index is 720. The van der Waals surface area contributed by atoms with Crippen LogP contribution in [0.2, 0.25) is 0 Å². The Morgan fingerprint density at radius 1 is 1.21 bits per heavy atom. The first-order chi connectivity index (χ1) is 11.4. The zero-order valence-electron chi connectivity index (χ0n) is 14.0. The first-order valence-electron chi connectivity index (χ1n) is 7.26. The molecule has 0 spiro atoms. The van der Waals surface area contributed by atoms with Crippen molar-refractivity contribution < 1.29 is 24.1 Å². The van der Waals surface area contributed by atoms with Crippen LogP contribution in [0, 0.1) is 6.92 Å². The molecule has 0 atom stereocenters. The minimum Gasteiger partial charge on any atom is -0.497 e. The SMILES string of the molecule is COc1ccc(-c2c(Br)c(C)n(CC(OC)OC)c2C(=O)O)cc1. The number of carbonyl (C=O) groups is 1. The topological polar surface area (TPSA) is 69.9 Å². The van der Waals surface area contributed by atoms with Crippen LogP contribution in [0.3, 0.4) is 0 Å². The summed E-state index contributed by atoms with van der Waals surface area (Å²) in [6.07, 6.45) is -0.537. The van der Waals surface area contributed by atoms with Gasteiger partial charge in [-0.3, -0.25) is 0 Å². The maximum Gasteiger partial charge on any atom is 0.353 e. The molecule has 6 nitrogen and oxygen atoms in total. The van der Waals surface area contributed by atoms with Gasteiger partial charge in [-0.05, 0) is 40.5 Å². The summed E-state index contributed by atoms with van der Waals surface area (Å²) >= 11 is 3.53. The van der Waals surface area contributed by atoms with Crippen molar-refractivity contribution in [3.8, 4) is 16.9 Å². The van der Waals surface area contributed by atoms with Crippen LogP contribution in [0.5, 0.6) is 5.75 Å². The molecule has 0 saturated heterocycles. The maximum atomic E-state index is 11.9. The molecule has 0 amide bonds. The van der Waals surface area contributed by atoms with Gasteiger partial charge in [-0.1, -0.05) is 12.1 Å². The van der Waals surface area contributed by atoms with Crippen molar-refractivity contribution in [1.82, 2.24) is 4.57 Å². The average Bonchev–Trinajstić information content (AvgIpc) is 2.84. The van der Waals surface area contributed by atoms with Crippen LogP contribution in [0.15, 0.2) is 28.7 Å². The Hall–Kier alpha value is -1.83. The lowest BCUT2D eigenvalue weighted by Crippen LogP contribution is -2.23. The molecule has 130 valence electrons. The summed E-state index contributed by atoms with van der Waals surface area (Å²) in [6, 6.07) is 7.26. The Morgan fingerprint density at radius 3 is 2.25 bits per heavy atom. The third-order valence-corrected chi connectivity index (χ3v) is 4.86. The zero-order chi connectivity index (χ0) is 17.9. The van der Waals surface area contributed by atoms with E-state index in [0.29, 0.717) is 11.3 Å². The van der Waals surface area contributed by atoms with E-state index in [-0.39, 0.29) is 12.2 Å². The fraction of sp³-hybridized carbons (Fsp3) is 0.353. The lowest BCUT2D eigenvalue weighted by atomic mass is 10.1. The third kappa shape index (κ3) is 3.48. The monoisotopic (exact) mass is 397 g/mol. The van der Waals surface area contributed by atoms with Gasteiger partial charge >= 0.3 is 5.97 Å². The summed E-state index contributed by atoms with van der Waals surface area (Å²) in [6.45, 7) is 2.13. The van der Waals surface area contributed by atoms with E-state index in [0.717, 1.165) is 15.7 Å². The first kappa shape index (κ1) is 18.5. The second-order valence-electron chi connectivity index (χ2n) is 5.17. The summed E-state index contributed by atoms with van der Waals surface area (Å²) in [5, 5.41) is 9.76. The van der Waals surface area contributed by atoms with Gasteiger partial charge in [0.2, 0.25) is 0 Å². The highest BCUT2D eigenvalue weighted by atomic mass is 79.9. The van der Waals surface area contributed by atoms with E-state index in [9.17, 15) is 9.90 Å². The van der Waals surface area contributed by atoms with Crippen LogP contribution in [0.1, 0.15) is 16.2 Å². The van der Waals surface area contributed by atoms with Crippen molar-refractivity contribution in [2.24, 2.45) is 0 Å². The smallest absolute Gasteiger partial charge is 0.353 e. The first-order valence-corrected chi connectivity index (χ1v) is 8.05. The van der Waals surface area contributed by atoms with Gasteiger partial charge in [-0.2, -0.15) is 0 Å². The number of benzene rings is 1. The van der Waals surface area contributed by atoms with Crippen LogP contribution in [-0.4, -0.2) is 43.3 Å². The normalized spacial score (nSPS) is 11.1. The Morgan fingerprint density at radius 2 is 1.79 bits per heavy atom. The second kappa shape index (κ2) is 7.83. The standard InChI is InChI=1S/C17H20BrNO5/c1-10-15(18)14(11-5-7-12(22-2)8-6-11)16(17(20)21)19(10)9-13(23-3)24-4/h5-8,13H,9H2,1-4H3,(H,20,21). The van der Waals surface area contributed by atoms with Crippen LogP contribution in [0.4, 0.5) is 0 Å². The molecular formula is C17H20BrNO5. The fourth-order valence-electron chi connectivity index (χ4n) is 2.57. The molecule has 0 radical (unpaired) electrons. The van der Waals surface area contributed by atoms with Crippen molar-refractivity contribution in [2.45, 2.75) is 19.8 Å². The Labute approximate surface area is 149 Å². The molecule has 1 aromatic carbocycles. The summed E-state index contributed by atoms with van der Waals surface area (Å²) in [7, 11) is 4.63. The lowest BCUT2D eigenvalue weighted by Gasteiger charge is -2.17. The molecule has 0 aliphatic rings. The number of halogens is 1. The lowest BCUT2D eigenvalue weighted by molar-refractivity contribution is -0.111. The van der Waals surface area contributed by atoms with Gasteiger partial charge in [0.1, 0.15) is 11.4 Å². The summed E-state index contributed by atoms with van der Waals surface area (Å²) in [5.74, 6) is -0.303. The molecule has 0 aliphatic heterocycles. The molecule has 0 saturated carbocycles. The summed E-state index contributed by atoms with van der Waals surface area (Å²) in [5.41, 5.74) is 2.38. The number of carboxylic acid groups (broad SMARTS) is 1. The van der Waals surface area contributed by atoms with E-state index in [4.69, 9.17) is 14.2 Å². The van der Waals surface area contributed by atoms with E-state index >= 15 is 0 Å². The van der Waals surface area contributed by atoms with E-state index in [1.54, 1.807) is 23.8 Å². The van der Waals surface area contributed by atoms with E-state index < -0.39 is 12.3 Å². The molecule has 0 unspecified atom stereocenters. The fourth-order valence-corrected chi connectivity index (χ4v) is 3.20. The average molecular weight is 398 g/mol. The number of carboxylic acids is 1. The molecule has 1 N–H and O–H groups in total. The van der Waals surface area contributed by atoms with Gasteiger partial charge < -0.3 is 23.9 Å². The van der Waals surface area contributed by atoms with Crippen molar-refractivity contribution in [3.05, 3.63) is 40.1 Å². The predicted molar refractivity (Wildman–Crippen MR) is 93.6 cm³/mol. The highest BCUT2D eigenvalue weighted by Gasteiger charge is 2.26. The molecule has 1 heterocycles. The number of rotatable bonds is 7. The molecular weight excluding hydrogens is 378 g/mol. The van der Waals surface area contributed by atoms with Crippen molar-refractivity contribution in [3.63, 3.8) is 0 Å². The third-order valence-electron chi connectivity index (χ3n) is 3.89. The molecule has 2 rings (SSSR count). The number of nitrogens with zero attached hydrogens (tertiary/aromatic N) is 1. The van der Waals surface area contributed by atoms with Crippen LogP contribution >= 0.6 is 15.9 Å². The Kier molecular flexibility index (Phi) is 6.04. The number of methoxy groups -OCH3 is 3. The Balaban J connectivity index is 2.60. The van der Waals surface area contributed by atoms with Gasteiger partial charge in [-0.25, -0.2) is 4.79 Å². The predicted octanol–water partition coefficient (Wildman–Crippen LogP) is 3.55. The maximum absolute atomic E-state index is 11.9. The van der Waals surface area contributed by atoms with Gasteiger partial charge in [0.25, 0.3) is 0 Å². The number of hydrogen-bond acceptors (Lipinski definition) is 4. The van der Waals surface area contributed by atoms with E-state index in [1.807, 2.05) is 19.1 Å². The zero-order valence-corrected chi connectivity index (χ0v) is 15.6. The molecule has 7 heteroatoms. The highest BCUT2D eigenvalue weighted by molar-refractivity contribution is 9.10. The molecule has 0 fully saturated rings. The molecule has 2 aromatic rings.